The van der Waals surface area contributed by atoms with Crippen LogP contribution in [-0.2, 0) is 0 Å². The third kappa shape index (κ3) is 2.86. The van der Waals surface area contributed by atoms with Gasteiger partial charge in [-0.15, -0.1) is 0 Å². The zero-order valence-electron chi connectivity index (χ0n) is 12.4. The Morgan fingerprint density at radius 1 is 0.941 bits per heavy atom. The first kappa shape index (κ1) is 13.4. The molecular formula is C16H31N. The lowest BCUT2D eigenvalue weighted by Crippen LogP contribution is -2.48. The van der Waals surface area contributed by atoms with Crippen LogP contribution in [0.5, 0.6) is 0 Å². The van der Waals surface area contributed by atoms with Crippen LogP contribution in [-0.4, -0.2) is 23.0 Å². The Labute approximate surface area is 108 Å². The summed E-state index contributed by atoms with van der Waals surface area (Å²) in [6, 6.07) is 2.63. The van der Waals surface area contributed by atoms with E-state index in [0.29, 0.717) is 0 Å². The molecule has 100 valence electrons. The molecule has 1 heteroatoms. The summed E-state index contributed by atoms with van der Waals surface area (Å²) in [4.78, 5) is 2.89. The minimum atomic E-state index is 0.806. The van der Waals surface area contributed by atoms with Crippen molar-refractivity contribution in [2.24, 2.45) is 17.8 Å². The van der Waals surface area contributed by atoms with E-state index in [1.165, 1.54) is 32.1 Å². The summed E-state index contributed by atoms with van der Waals surface area (Å²) in [5.74, 6) is 2.72. The van der Waals surface area contributed by atoms with Crippen LogP contribution in [0.4, 0.5) is 0 Å². The van der Waals surface area contributed by atoms with Crippen molar-refractivity contribution < 1.29 is 0 Å². The van der Waals surface area contributed by atoms with Gasteiger partial charge in [0.05, 0.1) is 0 Å². The smallest absolute Gasteiger partial charge is 0.0104 e. The number of hydrogen-bond acceptors (Lipinski definition) is 1. The van der Waals surface area contributed by atoms with E-state index < -0.39 is 0 Å². The van der Waals surface area contributed by atoms with Gasteiger partial charge in [-0.25, -0.2) is 0 Å². The summed E-state index contributed by atoms with van der Waals surface area (Å²) < 4.78 is 0. The SMILES string of the molecule is CC(C)CC(C)N1C2CCC1CC(C(C)C)C2. The second-order valence-electron chi connectivity index (χ2n) is 7.29. The third-order valence-electron chi connectivity index (χ3n) is 5.09. The van der Waals surface area contributed by atoms with Crippen LogP contribution in [0.3, 0.4) is 0 Å². The minimum Gasteiger partial charge on any atom is -0.295 e. The highest BCUT2D eigenvalue weighted by molar-refractivity contribution is 4.97. The first-order valence-corrected chi connectivity index (χ1v) is 7.76. The lowest BCUT2D eigenvalue weighted by molar-refractivity contribution is 0.0448. The Bertz CT molecular complexity index is 232. The maximum Gasteiger partial charge on any atom is 0.0104 e. The fourth-order valence-corrected chi connectivity index (χ4v) is 4.32. The molecule has 0 aliphatic carbocycles. The van der Waals surface area contributed by atoms with Crippen molar-refractivity contribution >= 4 is 0 Å². The van der Waals surface area contributed by atoms with E-state index in [0.717, 1.165) is 35.9 Å². The fraction of sp³-hybridized carbons (Fsp3) is 1.00. The number of fused-ring (bicyclic) bond motifs is 2. The molecule has 3 atom stereocenters. The van der Waals surface area contributed by atoms with Gasteiger partial charge in [-0.1, -0.05) is 27.7 Å². The van der Waals surface area contributed by atoms with Gasteiger partial charge < -0.3 is 0 Å². The van der Waals surface area contributed by atoms with Crippen molar-refractivity contribution in [2.45, 2.75) is 84.8 Å². The van der Waals surface area contributed by atoms with Gasteiger partial charge >= 0.3 is 0 Å². The molecule has 0 aromatic rings. The predicted octanol–water partition coefficient (Wildman–Crippen LogP) is 4.32. The van der Waals surface area contributed by atoms with E-state index in [9.17, 15) is 0 Å². The van der Waals surface area contributed by atoms with Gasteiger partial charge in [0, 0.05) is 18.1 Å². The molecular weight excluding hydrogens is 206 g/mol. The van der Waals surface area contributed by atoms with Gasteiger partial charge in [0.25, 0.3) is 0 Å². The van der Waals surface area contributed by atoms with Crippen molar-refractivity contribution in [3.05, 3.63) is 0 Å². The Morgan fingerprint density at radius 2 is 1.47 bits per heavy atom. The van der Waals surface area contributed by atoms with Crippen molar-refractivity contribution in [2.75, 3.05) is 0 Å². The minimum absolute atomic E-state index is 0.806. The number of hydrogen-bond donors (Lipinski definition) is 0. The number of rotatable bonds is 4. The highest BCUT2D eigenvalue weighted by Crippen LogP contribution is 2.43. The molecule has 2 bridgehead atoms. The molecule has 0 spiro atoms. The Balaban J connectivity index is 1.98. The molecule has 17 heavy (non-hydrogen) atoms. The molecule has 2 rings (SSSR count). The van der Waals surface area contributed by atoms with Crippen LogP contribution in [0, 0.1) is 17.8 Å². The summed E-state index contributed by atoms with van der Waals surface area (Å²) in [6.07, 6.45) is 7.25. The lowest BCUT2D eigenvalue weighted by Gasteiger charge is -2.44. The molecule has 0 amide bonds. The van der Waals surface area contributed by atoms with Crippen molar-refractivity contribution in [1.29, 1.82) is 0 Å². The quantitative estimate of drug-likeness (QED) is 0.704. The zero-order chi connectivity index (χ0) is 12.6. The van der Waals surface area contributed by atoms with Crippen LogP contribution in [0.2, 0.25) is 0 Å². The van der Waals surface area contributed by atoms with Crippen molar-refractivity contribution in [1.82, 2.24) is 4.90 Å². The molecule has 0 aromatic heterocycles. The average Bonchev–Trinajstić information content (AvgIpc) is 2.48. The number of nitrogens with zero attached hydrogens (tertiary/aromatic N) is 1. The van der Waals surface area contributed by atoms with E-state index >= 15 is 0 Å². The summed E-state index contributed by atoms with van der Waals surface area (Å²) in [7, 11) is 0. The van der Waals surface area contributed by atoms with Gasteiger partial charge in [-0.05, 0) is 56.8 Å². The first-order valence-electron chi connectivity index (χ1n) is 7.76. The van der Waals surface area contributed by atoms with Gasteiger partial charge in [-0.2, -0.15) is 0 Å². The first-order chi connectivity index (χ1) is 7.99. The molecule has 2 aliphatic rings. The molecule has 1 nitrogen and oxygen atoms in total. The Hall–Kier alpha value is -0.0400. The van der Waals surface area contributed by atoms with Crippen LogP contribution in [0.15, 0.2) is 0 Å². The monoisotopic (exact) mass is 237 g/mol. The number of piperidine rings is 1. The molecule has 0 N–H and O–H groups in total. The molecule has 0 saturated carbocycles. The highest BCUT2D eigenvalue weighted by atomic mass is 15.2. The molecule has 2 fully saturated rings. The van der Waals surface area contributed by atoms with E-state index in [2.05, 4.69) is 39.5 Å². The van der Waals surface area contributed by atoms with E-state index in [1.807, 2.05) is 0 Å². The molecule has 0 radical (unpaired) electrons. The summed E-state index contributed by atoms with van der Waals surface area (Å²) >= 11 is 0. The predicted molar refractivity (Wildman–Crippen MR) is 75.1 cm³/mol. The fourth-order valence-electron chi connectivity index (χ4n) is 4.32. The van der Waals surface area contributed by atoms with Gasteiger partial charge in [0.2, 0.25) is 0 Å². The maximum atomic E-state index is 2.89. The Kier molecular flexibility index (Phi) is 4.18. The normalized spacial score (nSPS) is 35.8. The van der Waals surface area contributed by atoms with Crippen LogP contribution in [0.1, 0.15) is 66.7 Å². The van der Waals surface area contributed by atoms with Gasteiger partial charge in [0.15, 0.2) is 0 Å². The molecule has 3 unspecified atom stereocenters. The second kappa shape index (κ2) is 5.30. The van der Waals surface area contributed by atoms with Crippen LogP contribution < -0.4 is 0 Å². The highest BCUT2D eigenvalue weighted by Gasteiger charge is 2.43. The molecule has 2 heterocycles. The largest absolute Gasteiger partial charge is 0.295 e. The average molecular weight is 237 g/mol. The summed E-state index contributed by atoms with van der Waals surface area (Å²) in [6.45, 7) is 12.0. The second-order valence-corrected chi connectivity index (χ2v) is 7.29. The third-order valence-corrected chi connectivity index (χ3v) is 5.09. The standard InChI is InChI=1S/C16H31N/c1-11(2)8-13(5)17-15-6-7-16(17)10-14(9-15)12(3)4/h11-16H,6-10H2,1-5H3. The summed E-state index contributed by atoms with van der Waals surface area (Å²) in [5.41, 5.74) is 0. The maximum absolute atomic E-state index is 2.89. The Morgan fingerprint density at radius 3 is 1.88 bits per heavy atom. The van der Waals surface area contributed by atoms with Crippen LogP contribution in [0.25, 0.3) is 0 Å². The van der Waals surface area contributed by atoms with E-state index in [-0.39, 0.29) is 0 Å². The van der Waals surface area contributed by atoms with E-state index in [1.54, 1.807) is 0 Å². The van der Waals surface area contributed by atoms with Crippen molar-refractivity contribution in [3.63, 3.8) is 0 Å². The van der Waals surface area contributed by atoms with Crippen molar-refractivity contribution in [3.8, 4) is 0 Å². The summed E-state index contributed by atoms with van der Waals surface area (Å²) in [5, 5.41) is 0. The molecule has 2 aliphatic heterocycles. The van der Waals surface area contributed by atoms with Gasteiger partial charge in [0.1, 0.15) is 0 Å². The molecule has 2 saturated heterocycles. The zero-order valence-corrected chi connectivity index (χ0v) is 12.4. The molecule has 0 aromatic carbocycles. The topological polar surface area (TPSA) is 3.24 Å². The van der Waals surface area contributed by atoms with Crippen LogP contribution >= 0.6 is 0 Å². The lowest BCUT2D eigenvalue weighted by atomic mass is 9.81. The van der Waals surface area contributed by atoms with E-state index in [4.69, 9.17) is 0 Å². The van der Waals surface area contributed by atoms with Gasteiger partial charge in [-0.3, -0.25) is 4.90 Å².